The number of hydrogen-bond donors (Lipinski definition) is 2. The molecule has 1 fully saturated rings. The molecule has 0 radical (unpaired) electrons. The molecule has 0 bridgehead atoms. The van der Waals surface area contributed by atoms with Crippen LogP contribution in [-0.2, 0) is 9.53 Å². The van der Waals surface area contributed by atoms with Gasteiger partial charge in [0.1, 0.15) is 12.1 Å². The highest BCUT2D eigenvalue weighted by atomic mass is 35.5. The van der Waals surface area contributed by atoms with Crippen LogP contribution < -0.4 is 5.32 Å². The number of rotatable bonds is 6. The smallest absolute Gasteiger partial charge is 0.411 e. The fourth-order valence-corrected chi connectivity index (χ4v) is 4.97. The minimum absolute atomic E-state index is 0.0796. The number of amides is 2. The molecule has 3 aromatic rings. The number of carbonyl (C=O) groups excluding carboxylic acids is 2. The minimum atomic E-state index is -1.18. The van der Waals surface area contributed by atoms with E-state index in [2.05, 4.69) is 17.4 Å². The predicted molar refractivity (Wildman–Crippen MR) is 132 cm³/mol. The zero-order chi connectivity index (χ0) is 24.7. The van der Waals surface area contributed by atoms with Crippen molar-refractivity contribution in [2.45, 2.75) is 24.3 Å². The second kappa shape index (κ2) is 8.74. The molecule has 0 unspecified atom stereocenters. The van der Waals surface area contributed by atoms with E-state index in [1.165, 1.54) is 30.1 Å². The van der Waals surface area contributed by atoms with Crippen LogP contribution in [0.5, 0.6) is 0 Å². The molecule has 5 rings (SSSR count). The normalized spacial score (nSPS) is 15.0. The molecule has 35 heavy (non-hydrogen) atoms. The zero-order valence-electron chi connectivity index (χ0n) is 19.0. The molecule has 1 saturated carbocycles. The van der Waals surface area contributed by atoms with Crippen molar-refractivity contribution in [2.75, 3.05) is 19.0 Å². The van der Waals surface area contributed by atoms with E-state index in [1.807, 2.05) is 36.4 Å². The lowest BCUT2D eigenvalue weighted by Gasteiger charge is -2.24. The maximum atomic E-state index is 12.9. The quantitative estimate of drug-likeness (QED) is 0.483. The van der Waals surface area contributed by atoms with Gasteiger partial charge in [0.15, 0.2) is 0 Å². The molecule has 2 aliphatic rings. The Labute approximate surface area is 207 Å². The first-order chi connectivity index (χ1) is 16.8. The summed E-state index contributed by atoms with van der Waals surface area (Å²) in [6, 6.07) is 20.5. The van der Waals surface area contributed by atoms with Crippen LogP contribution in [0, 0.1) is 0 Å². The van der Waals surface area contributed by atoms with Crippen molar-refractivity contribution < 1.29 is 24.2 Å². The van der Waals surface area contributed by atoms with Gasteiger partial charge in [-0.15, -0.1) is 0 Å². The van der Waals surface area contributed by atoms with E-state index in [-0.39, 0.29) is 28.8 Å². The largest absolute Gasteiger partial charge is 0.479 e. The first-order valence-corrected chi connectivity index (χ1v) is 11.6. The lowest BCUT2D eigenvalue weighted by molar-refractivity contribution is -0.143. The van der Waals surface area contributed by atoms with Crippen molar-refractivity contribution in [2.24, 2.45) is 0 Å². The number of anilines is 1. The topological polar surface area (TPSA) is 95.9 Å². The molecular formula is C27H23ClN2O5. The molecule has 2 amide bonds. The highest BCUT2D eigenvalue weighted by Crippen LogP contribution is 2.44. The fourth-order valence-electron chi connectivity index (χ4n) is 4.74. The monoisotopic (exact) mass is 490 g/mol. The molecule has 7 nitrogen and oxygen atoms in total. The van der Waals surface area contributed by atoms with E-state index < -0.39 is 23.5 Å². The molecular weight excluding hydrogens is 468 g/mol. The number of nitrogens with one attached hydrogen (secondary N) is 1. The number of fused-ring (bicyclic) bond motifs is 3. The Morgan fingerprint density at radius 2 is 1.63 bits per heavy atom. The van der Waals surface area contributed by atoms with Crippen LogP contribution in [0.2, 0.25) is 5.02 Å². The highest BCUT2D eigenvalue weighted by Gasteiger charge is 2.55. The second-order valence-electron chi connectivity index (χ2n) is 8.88. The Morgan fingerprint density at radius 3 is 2.20 bits per heavy atom. The number of carbonyl (C=O) groups is 3. The minimum Gasteiger partial charge on any atom is -0.479 e. The van der Waals surface area contributed by atoms with E-state index in [0.717, 1.165) is 22.3 Å². The molecule has 0 atom stereocenters. The molecule has 2 aliphatic carbocycles. The molecule has 178 valence electrons. The van der Waals surface area contributed by atoms with Gasteiger partial charge in [-0.05, 0) is 53.3 Å². The molecule has 0 aromatic heterocycles. The summed E-state index contributed by atoms with van der Waals surface area (Å²) in [7, 11) is 1.46. The Hall–Kier alpha value is -3.84. The van der Waals surface area contributed by atoms with Crippen LogP contribution in [0.15, 0.2) is 66.7 Å². The Balaban J connectivity index is 1.29. The third-order valence-corrected chi connectivity index (χ3v) is 7.02. The van der Waals surface area contributed by atoms with Crippen LogP contribution in [0.1, 0.15) is 40.2 Å². The van der Waals surface area contributed by atoms with Gasteiger partial charge in [-0.3, -0.25) is 10.1 Å². The Kier molecular flexibility index (Phi) is 5.73. The molecule has 0 aliphatic heterocycles. The van der Waals surface area contributed by atoms with E-state index in [4.69, 9.17) is 16.3 Å². The van der Waals surface area contributed by atoms with Gasteiger partial charge in [0.25, 0.3) is 5.91 Å². The number of carboxylic acid groups (broad SMARTS) is 1. The summed E-state index contributed by atoms with van der Waals surface area (Å²) in [4.78, 5) is 38.3. The summed E-state index contributed by atoms with van der Waals surface area (Å²) in [5.74, 6) is -1.60. The molecule has 2 N–H and O–H groups in total. The number of carboxylic acids is 1. The average molecular weight is 491 g/mol. The third-order valence-electron chi connectivity index (χ3n) is 6.80. The summed E-state index contributed by atoms with van der Waals surface area (Å²) >= 11 is 6.19. The standard InChI is InChI=1S/C27H23ClN2O5/c1-30(27(10-11-27)25(32)33)24(31)16-12-17(28)14-18(13-16)29-26(34)35-15-23-21-8-4-2-6-19(21)20-7-3-5-9-22(20)23/h2-9,12-14,23H,10-11,15H2,1H3,(H,29,34)(H,32,33). The summed E-state index contributed by atoms with van der Waals surface area (Å²) in [6.45, 7) is 0.149. The number of nitrogens with zero attached hydrogens (tertiary/aromatic N) is 1. The van der Waals surface area contributed by atoms with Gasteiger partial charge in [-0.25, -0.2) is 9.59 Å². The summed E-state index contributed by atoms with van der Waals surface area (Å²) < 4.78 is 5.56. The van der Waals surface area contributed by atoms with Gasteiger partial charge in [0, 0.05) is 29.2 Å². The zero-order valence-corrected chi connectivity index (χ0v) is 19.7. The number of halogens is 1. The molecule has 3 aromatic carbocycles. The van der Waals surface area contributed by atoms with Crippen LogP contribution >= 0.6 is 11.6 Å². The maximum Gasteiger partial charge on any atom is 0.411 e. The molecule has 8 heteroatoms. The van der Waals surface area contributed by atoms with Gasteiger partial charge < -0.3 is 14.7 Å². The van der Waals surface area contributed by atoms with Crippen molar-refractivity contribution in [3.05, 3.63) is 88.4 Å². The van der Waals surface area contributed by atoms with E-state index in [9.17, 15) is 19.5 Å². The number of ether oxygens (including phenoxy) is 1. The number of likely N-dealkylation sites (N-methyl/N-ethyl adjacent to an activating group) is 1. The van der Waals surface area contributed by atoms with Crippen molar-refractivity contribution in [1.29, 1.82) is 0 Å². The summed E-state index contributed by atoms with van der Waals surface area (Å²) in [5.41, 5.74) is 3.76. The van der Waals surface area contributed by atoms with Gasteiger partial charge in [0.05, 0.1) is 0 Å². The lowest BCUT2D eigenvalue weighted by Crippen LogP contribution is -2.44. The Morgan fingerprint density at radius 1 is 1.03 bits per heavy atom. The highest BCUT2D eigenvalue weighted by molar-refractivity contribution is 6.31. The fraction of sp³-hybridized carbons (Fsp3) is 0.222. The molecule has 0 saturated heterocycles. The van der Waals surface area contributed by atoms with Gasteiger partial charge in [-0.2, -0.15) is 0 Å². The van der Waals surface area contributed by atoms with Gasteiger partial charge >= 0.3 is 12.1 Å². The third kappa shape index (κ3) is 4.12. The average Bonchev–Trinajstić information content (AvgIpc) is 3.60. The van der Waals surface area contributed by atoms with E-state index >= 15 is 0 Å². The van der Waals surface area contributed by atoms with Crippen LogP contribution in [0.4, 0.5) is 10.5 Å². The molecule has 0 spiro atoms. The van der Waals surface area contributed by atoms with Crippen molar-refractivity contribution in [1.82, 2.24) is 4.90 Å². The Bertz CT molecular complexity index is 1310. The van der Waals surface area contributed by atoms with Crippen molar-refractivity contribution in [3.8, 4) is 11.1 Å². The van der Waals surface area contributed by atoms with E-state index in [0.29, 0.717) is 12.8 Å². The predicted octanol–water partition coefficient (Wildman–Crippen LogP) is 5.39. The SMILES string of the molecule is CN(C(=O)c1cc(Cl)cc(NC(=O)OCC2c3ccccc3-c3ccccc32)c1)C1(C(=O)O)CC1. The van der Waals surface area contributed by atoms with Gasteiger partial charge in [-0.1, -0.05) is 60.1 Å². The van der Waals surface area contributed by atoms with Crippen LogP contribution in [0.25, 0.3) is 11.1 Å². The second-order valence-corrected chi connectivity index (χ2v) is 9.32. The van der Waals surface area contributed by atoms with Crippen molar-refractivity contribution >= 4 is 35.3 Å². The maximum absolute atomic E-state index is 12.9. The van der Waals surface area contributed by atoms with Crippen molar-refractivity contribution in [3.63, 3.8) is 0 Å². The number of benzene rings is 3. The summed E-state index contributed by atoms with van der Waals surface area (Å²) in [5, 5.41) is 12.3. The summed E-state index contributed by atoms with van der Waals surface area (Å²) in [6.07, 6.45) is 0.122. The first kappa shape index (κ1) is 22.9. The lowest BCUT2D eigenvalue weighted by atomic mass is 9.98. The van der Waals surface area contributed by atoms with Gasteiger partial charge in [0.2, 0.25) is 0 Å². The number of aliphatic carboxylic acids is 1. The molecule has 0 heterocycles. The van der Waals surface area contributed by atoms with E-state index in [1.54, 1.807) is 0 Å². The first-order valence-electron chi connectivity index (χ1n) is 11.2. The number of hydrogen-bond acceptors (Lipinski definition) is 4. The van der Waals surface area contributed by atoms with Crippen LogP contribution in [-0.4, -0.2) is 47.2 Å². The van der Waals surface area contributed by atoms with Crippen LogP contribution in [0.3, 0.4) is 0 Å².